The number of ether oxygens (including phenoxy) is 1. The van der Waals surface area contributed by atoms with Gasteiger partial charge in [-0.3, -0.25) is 14.5 Å². The molecule has 0 aliphatic carbocycles. The summed E-state index contributed by atoms with van der Waals surface area (Å²) in [6, 6.07) is 19.7. The largest absolute Gasteiger partial charge is 0.487 e. The number of hydrogen-bond donors (Lipinski definition) is 0. The van der Waals surface area contributed by atoms with E-state index in [1.807, 2.05) is 49.9 Å². The maximum absolute atomic E-state index is 11.7. The van der Waals surface area contributed by atoms with Gasteiger partial charge < -0.3 is 9.30 Å². The quantitative estimate of drug-likeness (QED) is 0.394. The number of benzene rings is 2. The van der Waals surface area contributed by atoms with Crippen molar-refractivity contribution in [2.75, 3.05) is 0 Å². The third-order valence-corrected chi connectivity index (χ3v) is 5.80. The lowest BCUT2D eigenvalue weighted by molar-refractivity contribution is 0.300. The van der Waals surface area contributed by atoms with Crippen molar-refractivity contribution in [3.05, 3.63) is 101 Å². The summed E-state index contributed by atoms with van der Waals surface area (Å²) in [7, 11) is 3.62. The zero-order valence-electron chi connectivity index (χ0n) is 18.8. The topological polar surface area (TPSA) is 61.9 Å². The van der Waals surface area contributed by atoms with Crippen molar-refractivity contribution >= 4 is 10.9 Å². The monoisotopic (exact) mass is 436 g/mol. The number of aryl methyl sites for hydroxylation is 3. The number of nitrogens with zero attached hydrogens (tertiary/aromatic N) is 4. The van der Waals surface area contributed by atoms with Crippen LogP contribution in [0.5, 0.6) is 5.75 Å². The highest BCUT2D eigenvalue weighted by atomic mass is 16.5. The molecule has 6 heteroatoms. The molecule has 3 aromatic heterocycles. The molecule has 6 nitrogen and oxygen atoms in total. The standard InChI is InChI=1S/C27H24N4O2/c1-18-6-7-20-5-4-14-28-27(20)26(18)19-8-11-22(12-9-19)33-17-24-23(16-31(3)29-24)21-10-13-25(32)30(2)15-21/h4-16H,17H2,1-3H3. The fraction of sp³-hybridized carbons (Fsp3) is 0.148. The van der Waals surface area contributed by atoms with Crippen LogP contribution in [-0.2, 0) is 20.7 Å². The zero-order chi connectivity index (χ0) is 22.9. The van der Waals surface area contributed by atoms with Gasteiger partial charge >= 0.3 is 0 Å². The first-order valence-corrected chi connectivity index (χ1v) is 10.8. The molecule has 0 bridgehead atoms. The fourth-order valence-corrected chi connectivity index (χ4v) is 4.12. The first-order chi connectivity index (χ1) is 16.0. The second-order valence-electron chi connectivity index (χ2n) is 8.18. The Morgan fingerprint density at radius 3 is 2.48 bits per heavy atom. The van der Waals surface area contributed by atoms with E-state index in [2.05, 4.69) is 47.3 Å². The average Bonchev–Trinajstić information content (AvgIpc) is 3.20. The molecule has 0 N–H and O–H groups in total. The van der Waals surface area contributed by atoms with Crippen molar-refractivity contribution in [2.24, 2.45) is 14.1 Å². The first kappa shape index (κ1) is 20.7. The van der Waals surface area contributed by atoms with Crippen molar-refractivity contribution in [1.82, 2.24) is 19.3 Å². The van der Waals surface area contributed by atoms with Crippen LogP contribution in [0.1, 0.15) is 11.3 Å². The predicted octanol–water partition coefficient (Wildman–Crippen LogP) is 4.89. The molecule has 0 unspecified atom stereocenters. The van der Waals surface area contributed by atoms with E-state index in [1.54, 1.807) is 22.4 Å². The van der Waals surface area contributed by atoms with Gasteiger partial charge in [-0.05, 0) is 42.3 Å². The lowest BCUT2D eigenvalue weighted by atomic mass is 9.97. The lowest BCUT2D eigenvalue weighted by Gasteiger charge is -2.11. The molecule has 0 saturated carbocycles. The highest BCUT2D eigenvalue weighted by Crippen LogP contribution is 2.32. The Morgan fingerprint density at radius 2 is 1.70 bits per heavy atom. The molecule has 5 aromatic rings. The van der Waals surface area contributed by atoms with Crippen molar-refractivity contribution in [2.45, 2.75) is 13.5 Å². The number of hydrogen-bond acceptors (Lipinski definition) is 4. The summed E-state index contributed by atoms with van der Waals surface area (Å²) in [5, 5.41) is 5.69. The third kappa shape index (κ3) is 4.03. The summed E-state index contributed by atoms with van der Waals surface area (Å²) in [4.78, 5) is 16.3. The molecule has 5 rings (SSSR count). The summed E-state index contributed by atoms with van der Waals surface area (Å²) >= 11 is 0. The molecule has 0 atom stereocenters. The summed E-state index contributed by atoms with van der Waals surface area (Å²) in [5.41, 5.74) is 7.08. The van der Waals surface area contributed by atoms with E-state index in [1.165, 1.54) is 5.56 Å². The Morgan fingerprint density at radius 1 is 0.909 bits per heavy atom. The fourth-order valence-electron chi connectivity index (χ4n) is 4.12. The van der Waals surface area contributed by atoms with E-state index >= 15 is 0 Å². The lowest BCUT2D eigenvalue weighted by Crippen LogP contribution is -2.14. The average molecular weight is 437 g/mol. The SMILES string of the molecule is Cc1ccc2cccnc2c1-c1ccc(OCc2nn(C)cc2-c2ccc(=O)n(C)c2)cc1. The van der Waals surface area contributed by atoms with Gasteiger partial charge in [0.1, 0.15) is 18.1 Å². The molecule has 0 radical (unpaired) electrons. The summed E-state index contributed by atoms with van der Waals surface area (Å²) < 4.78 is 9.40. The molecule has 0 aliphatic heterocycles. The van der Waals surface area contributed by atoms with Crippen LogP contribution in [0, 0.1) is 6.92 Å². The van der Waals surface area contributed by atoms with E-state index < -0.39 is 0 Å². The van der Waals surface area contributed by atoms with Crippen molar-refractivity contribution in [1.29, 1.82) is 0 Å². The van der Waals surface area contributed by atoms with Gasteiger partial charge in [-0.1, -0.05) is 30.3 Å². The van der Waals surface area contributed by atoms with Crippen LogP contribution in [0.15, 0.2) is 84.0 Å². The highest BCUT2D eigenvalue weighted by Gasteiger charge is 2.13. The molecule has 164 valence electrons. The van der Waals surface area contributed by atoms with E-state index in [4.69, 9.17) is 4.74 Å². The first-order valence-electron chi connectivity index (χ1n) is 10.8. The van der Waals surface area contributed by atoms with Gasteiger partial charge in [0.05, 0.1) is 5.52 Å². The summed E-state index contributed by atoms with van der Waals surface area (Å²) in [5.74, 6) is 0.765. The Bertz CT molecular complexity index is 1510. The van der Waals surface area contributed by atoms with Crippen LogP contribution >= 0.6 is 0 Å². The van der Waals surface area contributed by atoms with Gasteiger partial charge in [-0.15, -0.1) is 0 Å². The van der Waals surface area contributed by atoms with Gasteiger partial charge in [-0.25, -0.2) is 0 Å². The second-order valence-corrected chi connectivity index (χ2v) is 8.18. The second kappa shape index (κ2) is 8.39. The van der Waals surface area contributed by atoms with Crippen molar-refractivity contribution in [3.8, 4) is 28.0 Å². The van der Waals surface area contributed by atoms with Gasteiger partial charge in [0.2, 0.25) is 5.56 Å². The molecule has 3 heterocycles. The molecule has 33 heavy (non-hydrogen) atoms. The Labute approximate surface area is 191 Å². The van der Waals surface area contributed by atoms with E-state index in [-0.39, 0.29) is 5.56 Å². The maximum atomic E-state index is 11.7. The predicted molar refractivity (Wildman–Crippen MR) is 130 cm³/mol. The van der Waals surface area contributed by atoms with Crippen LogP contribution in [0.25, 0.3) is 33.2 Å². The Kier molecular flexibility index (Phi) is 5.26. The van der Waals surface area contributed by atoms with Gasteiger partial charge in [0.25, 0.3) is 0 Å². The molecule has 0 fully saturated rings. The van der Waals surface area contributed by atoms with Gasteiger partial charge in [0, 0.05) is 60.8 Å². The number of rotatable bonds is 5. The summed E-state index contributed by atoms with van der Waals surface area (Å²) in [6.45, 7) is 2.43. The highest BCUT2D eigenvalue weighted by molar-refractivity contribution is 5.95. The third-order valence-electron chi connectivity index (χ3n) is 5.80. The van der Waals surface area contributed by atoms with Crippen LogP contribution in [0.3, 0.4) is 0 Å². The smallest absolute Gasteiger partial charge is 0.250 e. The van der Waals surface area contributed by atoms with Crippen LogP contribution in [0.4, 0.5) is 0 Å². The molecule has 0 saturated heterocycles. The zero-order valence-corrected chi connectivity index (χ0v) is 18.8. The van der Waals surface area contributed by atoms with Crippen molar-refractivity contribution < 1.29 is 4.74 Å². The van der Waals surface area contributed by atoms with E-state index in [0.29, 0.717) is 6.61 Å². The molecular formula is C27H24N4O2. The Balaban J connectivity index is 1.39. The van der Waals surface area contributed by atoms with E-state index in [0.717, 1.165) is 44.6 Å². The Hall–Kier alpha value is -4.19. The molecule has 0 amide bonds. The summed E-state index contributed by atoms with van der Waals surface area (Å²) in [6.07, 6.45) is 5.59. The number of pyridine rings is 2. The van der Waals surface area contributed by atoms with Crippen LogP contribution in [-0.4, -0.2) is 19.3 Å². The minimum absolute atomic E-state index is 0.0443. The number of aromatic nitrogens is 4. The molecule has 0 aliphatic rings. The van der Waals surface area contributed by atoms with E-state index in [9.17, 15) is 4.79 Å². The minimum atomic E-state index is -0.0443. The van der Waals surface area contributed by atoms with Gasteiger partial charge in [-0.2, -0.15) is 5.10 Å². The normalized spacial score (nSPS) is 11.1. The minimum Gasteiger partial charge on any atom is -0.487 e. The van der Waals surface area contributed by atoms with Crippen LogP contribution < -0.4 is 10.3 Å². The van der Waals surface area contributed by atoms with Crippen LogP contribution in [0.2, 0.25) is 0 Å². The molecule has 0 spiro atoms. The number of fused-ring (bicyclic) bond motifs is 1. The van der Waals surface area contributed by atoms with Crippen molar-refractivity contribution in [3.63, 3.8) is 0 Å². The maximum Gasteiger partial charge on any atom is 0.250 e. The molecule has 2 aromatic carbocycles. The van der Waals surface area contributed by atoms with Gasteiger partial charge in [0.15, 0.2) is 0 Å². The molecular weight excluding hydrogens is 412 g/mol.